The Bertz CT molecular complexity index is 469. The summed E-state index contributed by atoms with van der Waals surface area (Å²) in [6.45, 7) is 1.88. The van der Waals surface area contributed by atoms with E-state index in [0.29, 0.717) is 12.0 Å². The van der Waals surface area contributed by atoms with Crippen LogP contribution in [-0.2, 0) is 10.7 Å². The predicted octanol–water partition coefficient (Wildman–Crippen LogP) is 1.80. The molecule has 2 atom stereocenters. The van der Waals surface area contributed by atoms with Gasteiger partial charge in [-0.05, 0) is 19.3 Å². The van der Waals surface area contributed by atoms with Crippen molar-refractivity contribution >= 4 is 5.97 Å². The molecule has 0 radical (unpaired) electrons. The maximum Gasteiger partial charge on any atom is 0.359 e. The maximum atomic E-state index is 13.6. The quantitative estimate of drug-likeness (QED) is 0.785. The van der Waals surface area contributed by atoms with Gasteiger partial charge in [0.2, 0.25) is 0 Å². The number of esters is 1. The number of aromatic amines is 1. The van der Waals surface area contributed by atoms with Crippen LogP contribution in [0.3, 0.4) is 0 Å². The van der Waals surface area contributed by atoms with Crippen molar-refractivity contribution in [3.8, 4) is 0 Å². The molecule has 86 valence electrons. The summed E-state index contributed by atoms with van der Waals surface area (Å²) in [7, 11) is 0. The summed E-state index contributed by atoms with van der Waals surface area (Å²) < 4.78 is 32.0. The van der Waals surface area contributed by atoms with Gasteiger partial charge < -0.3 is 4.74 Å². The highest BCUT2D eigenvalue weighted by Crippen LogP contribution is 2.67. The van der Waals surface area contributed by atoms with Crippen LogP contribution in [0.1, 0.15) is 41.0 Å². The Morgan fingerprint density at radius 1 is 1.69 bits per heavy atom. The van der Waals surface area contributed by atoms with Crippen LogP contribution in [0.25, 0.3) is 0 Å². The van der Waals surface area contributed by atoms with Crippen LogP contribution >= 0.6 is 0 Å². The Morgan fingerprint density at radius 2 is 2.44 bits per heavy atom. The number of carbonyl (C=O) groups excluding carboxylic acids is 1. The number of hydrogen-bond acceptors (Lipinski definition) is 3. The highest BCUT2D eigenvalue weighted by Gasteiger charge is 2.66. The highest BCUT2D eigenvalue weighted by atomic mass is 19.3. The van der Waals surface area contributed by atoms with Crippen LogP contribution in [0, 0.1) is 5.92 Å². The maximum absolute atomic E-state index is 13.6. The molecule has 1 saturated carbocycles. The van der Waals surface area contributed by atoms with Crippen LogP contribution in [0.15, 0.2) is 0 Å². The lowest BCUT2D eigenvalue weighted by molar-refractivity contribution is -0.0268. The molecule has 2 aliphatic rings. The SMILES string of the molecule is CCOC(=O)c1n[nH]c2c1C1CC1C2(F)F. The molecule has 4 nitrogen and oxygen atoms in total. The second kappa shape index (κ2) is 2.81. The summed E-state index contributed by atoms with van der Waals surface area (Å²) in [6.07, 6.45) is 0.436. The minimum Gasteiger partial charge on any atom is -0.461 e. The second-order valence-corrected chi connectivity index (χ2v) is 4.15. The molecule has 2 unspecified atom stereocenters. The fourth-order valence-corrected chi connectivity index (χ4v) is 2.42. The topological polar surface area (TPSA) is 55.0 Å². The molecule has 0 amide bonds. The molecule has 1 aromatic rings. The largest absolute Gasteiger partial charge is 0.461 e. The van der Waals surface area contributed by atoms with E-state index >= 15 is 0 Å². The Kier molecular flexibility index (Phi) is 1.71. The van der Waals surface area contributed by atoms with Gasteiger partial charge in [-0.3, -0.25) is 5.10 Å². The number of aromatic nitrogens is 2. The van der Waals surface area contributed by atoms with E-state index in [-0.39, 0.29) is 23.9 Å². The van der Waals surface area contributed by atoms with Crippen LogP contribution < -0.4 is 0 Å². The number of nitrogens with one attached hydrogen (secondary N) is 1. The molecule has 0 aromatic carbocycles. The normalized spacial score (nSPS) is 28.4. The number of rotatable bonds is 2. The molecule has 2 aliphatic carbocycles. The van der Waals surface area contributed by atoms with Crippen LogP contribution in [0.4, 0.5) is 8.78 Å². The lowest BCUT2D eigenvalue weighted by Gasteiger charge is -2.09. The number of fused-ring (bicyclic) bond motifs is 3. The molecule has 0 aliphatic heterocycles. The highest BCUT2D eigenvalue weighted by molar-refractivity contribution is 5.90. The molecule has 1 aromatic heterocycles. The summed E-state index contributed by atoms with van der Waals surface area (Å²) in [4.78, 5) is 11.5. The van der Waals surface area contributed by atoms with Crippen LogP contribution in [0.5, 0.6) is 0 Å². The molecule has 1 heterocycles. The van der Waals surface area contributed by atoms with Gasteiger partial charge in [0.15, 0.2) is 5.69 Å². The van der Waals surface area contributed by atoms with Gasteiger partial charge in [-0.1, -0.05) is 0 Å². The first-order valence-corrected chi connectivity index (χ1v) is 5.21. The zero-order valence-electron chi connectivity index (χ0n) is 8.59. The standard InChI is InChI=1S/C10H10F2N2O2/c1-2-16-9(15)7-6-4-3-5(4)10(11,12)8(6)14-13-7/h4-5H,2-3H2,1H3,(H,13,14). The van der Waals surface area contributed by atoms with Crippen molar-refractivity contribution in [2.45, 2.75) is 25.2 Å². The summed E-state index contributed by atoms with van der Waals surface area (Å²) >= 11 is 0. The minimum absolute atomic E-state index is 0.0292. The summed E-state index contributed by atoms with van der Waals surface area (Å²) in [5.74, 6) is -4.35. The van der Waals surface area contributed by atoms with Crippen molar-refractivity contribution in [2.75, 3.05) is 6.61 Å². The fourth-order valence-electron chi connectivity index (χ4n) is 2.42. The van der Waals surface area contributed by atoms with Gasteiger partial charge in [-0.25, -0.2) is 4.79 Å². The lowest BCUT2D eigenvalue weighted by Crippen LogP contribution is -2.14. The van der Waals surface area contributed by atoms with Gasteiger partial charge >= 0.3 is 5.97 Å². The second-order valence-electron chi connectivity index (χ2n) is 4.15. The Hall–Kier alpha value is -1.46. The zero-order valence-corrected chi connectivity index (χ0v) is 8.59. The number of ether oxygens (including phenoxy) is 1. The van der Waals surface area contributed by atoms with E-state index in [2.05, 4.69) is 10.2 Å². The molecule has 3 rings (SSSR count). The Morgan fingerprint density at radius 3 is 3.12 bits per heavy atom. The summed E-state index contributed by atoms with van der Waals surface area (Å²) in [5.41, 5.74) is 0.201. The molecule has 0 bridgehead atoms. The van der Waals surface area contributed by atoms with Crippen LogP contribution in [0.2, 0.25) is 0 Å². The molecule has 16 heavy (non-hydrogen) atoms. The summed E-state index contributed by atoms with van der Waals surface area (Å²) in [6, 6.07) is 0. The van der Waals surface area contributed by atoms with E-state index in [4.69, 9.17) is 4.74 Å². The first-order valence-electron chi connectivity index (χ1n) is 5.21. The average Bonchev–Trinajstić information content (AvgIpc) is 2.84. The van der Waals surface area contributed by atoms with E-state index in [1.165, 1.54) is 0 Å². The van der Waals surface area contributed by atoms with E-state index < -0.39 is 17.8 Å². The molecular weight excluding hydrogens is 218 g/mol. The van der Waals surface area contributed by atoms with Crippen molar-refractivity contribution < 1.29 is 18.3 Å². The first-order chi connectivity index (χ1) is 7.57. The van der Waals surface area contributed by atoms with Crippen LogP contribution in [-0.4, -0.2) is 22.8 Å². The average molecular weight is 228 g/mol. The van der Waals surface area contributed by atoms with Crippen molar-refractivity contribution in [3.63, 3.8) is 0 Å². The number of nitrogens with zero attached hydrogens (tertiary/aromatic N) is 1. The monoisotopic (exact) mass is 228 g/mol. The molecule has 1 fully saturated rings. The molecule has 0 saturated heterocycles. The number of hydrogen-bond donors (Lipinski definition) is 1. The van der Waals surface area contributed by atoms with Crippen molar-refractivity contribution in [2.24, 2.45) is 5.92 Å². The van der Waals surface area contributed by atoms with Crippen molar-refractivity contribution in [3.05, 3.63) is 17.0 Å². The molecule has 6 heteroatoms. The molecule has 0 spiro atoms. The van der Waals surface area contributed by atoms with Gasteiger partial charge in [0.1, 0.15) is 5.69 Å². The summed E-state index contributed by atoms with van der Waals surface area (Å²) in [5, 5.41) is 5.93. The van der Waals surface area contributed by atoms with E-state index in [1.54, 1.807) is 6.92 Å². The number of halogens is 2. The predicted molar refractivity (Wildman–Crippen MR) is 49.3 cm³/mol. The first kappa shape index (κ1) is 9.74. The van der Waals surface area contributed by atoms with Crippen molar-refractivity contribution in [1.29, 1.82) is 0 Å². The van der Waals surface area contributed by atoms with Gasteiger partial charge in [0.05, 0.1) is 6.61 Å². The zero-order chi connectivity index (χ0) is 11.5. The van der Waals surface area contributed by atoms with Gasteiger partial charge in [0, 0.05) is 11.5 Å². The van der Waals surface area contributed by atoms with Gasteiger partial charge in [-0.15, -0.1) is 0 Å². The third kappa shape index (κ3) is 1.02. The van der Waals surface area contributed by atoms with E-state index in [9.17, 15) is 13.6 Å². The van der Waals surface area contributed by atoms with Gasteiger partial charge in [0.25, 0.3) is 5.92 Å². The fraction of sp³-hybridized carbons (Fsp3) is 0.600. The molecule has 1 N–H and O–H groups in total. The van der Waals surface area contributed by atoms with Gasteiger partial charge in [-0.2, -0.15) is 13.9 Å². The van der Waals surface area contributed by atoms with Crippen molar-refractivity contribution in [1.82, 2.24) is 10.2 Å². The van der Waals surface area contributed by atoms with E-state index in [1.807, 2.05) is 0 Å². The minimum atomic E-state index is -2.86. The third-order valence-electron chi connectivity index (χ3n) is 3.23. The smallest absolute Gasteiger partial charge is 0.359 e. The molecular formula is C10H10F2N2O2. The van der Waals surface area contributed by atoms with E-state index in [0.717, 1.165) is 0 Å². The number of H-pyrrole nitrogens is 1. The Labute approximate surface area is 90.0 Å². The lowest BCUT2D eigenvalue weighted by atomic mass is 10.1. The number of alkyl halides is 2. The third-order valence-corrected chi connectivity index (χ3v) is 3.23. The Balaban J connectivity index is 2.03. The number of carbonyl (C=O) groups is 1.